The lowest BCUT2D eigenvalue weighted by Crippen LogP contribution is -1.80. The zero-order chi connectivity index (χ0) is 16.8. The van der Waals surface area contributed by atoms with Gasteiger partial charge in [0.15, 0.2) is 0 Å². The highest BCUT2D eigenvalue weighted by atomic mass is 14.0. The molecule has 1 aromatic carbocycles. The molecule has 0 atom stereocenters. The normalized spacial score (nSPS) is 14.7. The molecule has 120 valence electrons. The lowest BCUT2D eigenvalue weighted by molar-refractivity contribution is 1.40. The number of aryl methyl sites for hydroxylation is 1. The highest BCUT2D eigenvalue weighted by Crippen LogP contribution is 2.19. The van der Waals surface area contributed by atoms with Crippen molar-refractivity contribution in [1.29, 1.82) is 0 Å². The molecule has 0 aliphatic heterocycles. The molecule has 0 spiro atoms. The van der Waals surface area contributed by atoms with E-state index in [0.29, 0.717) is 0 Å². The molecule has 0 amide bonds. The Morgan fingerprint density at radius 1 is 0.652 bits per heavy atom. The second-order valence-corrected chi connectivity index (χ2v) is 5.03. The highest BCUT2D eigenvalue weighted by Gasteiger charge is 1.97. The van der Waals surface area contributed by atoms with E-state index in [0.717, 1.165) is 12.8 Å². The van der Waals surface area contributed by atoms with Gasteiger partial charge in [-0.15, -0.1) is 0 Å². The van der Waals surface area contributed by atoms with Crippen LogP contribution in [0.15, 0.2) is 91.1 Å². The Hall–Kier alpha value is -2.34. The Balaban J connectivity index is 0.000000247. The molecule has 0 nitrogen and oxygen atoms in total. The van der Waals surface area contributed by atoms with Crippen LogP contribution >= 0.6 is 0 Å². The van der Waals surface area contributed by atoms with Crippen LogP contribution in [0.1, 0.15) is 37.8 Å². The monoisotopic (exact) mass is 304 g/mol. The Kier molecular flexibility index (Phi) is 9.95. The van der Waals surface area contributed by atoms with Gasteiger partial charge in [-0.25, -0.2) is 0 Å². The van der Waals surface area contributed by atoms with Gasteiger partial charge < -0.3 is 0 Å². The molecule has 0 radical (unpaired) electrons. The summed E-state index contributed by atoms with van der Waals surface area (Å²) in [5.41, 5.74) is 3.93. The first-order valence-electron chi connectivity index (χ1n) is 8.45. The van der Waals surface area contributed by atoms with Crippen LogP contribution < -0.4 is 0 Å². The average Bonchev–Trinajstić information content (AvgIpc) is 3.05. The molecular weight excluding hydrogens is 276 g/mol. The van der Waals surface area contributed by atoms with Gasteiger partial charge in [-0.2, -0.15) is 0 Å². The van der Waals surface area contributed by atoms with Gasteiger partial charge in [0, 0.05) is 0 Å². The fourth-order valence-electron chi connectivity index (χ4n) is 2.06. The van der Waals surface area contributed by atoms with Gasteiger partial charge >= 0.3 is 0 Å². The lowest BCUT2D eigenvalue weighted by Gasteiger charge is -2.02. The summed E-state index contributed by atoms with van der Waals surface area (Å²) < 4.78 is 0. The number of hydrogen-bond acceptors (Lipinski definition) is 0. The van der Waals surface area contributed by atoms with Crippen molar-refractivity contribution in [1.82, 2.24) is 0 Å². The van der Waals surface area contributed by atoms with E-state index in [-0.39, 0.29) is 0 Å². The third-order valence-electron chi connectivity index (χ3n) is 3.26. The van der Waals surface area contributed by atoms with Crippen LogP contribution in [0.3, 0.4) is 0 Å². The van der Waals surface area contributed by atoms with Gasteiger partial charge in [0.25, 0.3) is 0 Å². The molecule has 2 aliphatic carbocycles. The minimum absolute atomic E-state index is 1.02. The van der Waals surface area contributed by atoms with Crippen molar-refractivity contribution in [3.05, 3.63) is 102 Å². The number of benzene rings is 1. The van der Waals surface area contributed by atoms with Crippen LogP contribution in [0, 0.1) is 6.92 Å². The summed E-state index contributed by atoms with van der Waals surface area (Å²) >= 11 is 0. The zero-order valence-corrected chi connectivity index (χ0v) is 14.6. The summed E-state index contributed by atoms with van der Waals surface area (Å²) in [5, 5.41) is 0. The van der Waals surface area contributed by atoms with Crippen molar-refractivity contribution >= 4 is 5.57 Å². The second kappa shape index (κ2) is 12.2. The maximum atomic E-state index is 2.25. The molecular formula is C23H28. The largest absolute Gasteiger partial charge is 0.0807 e. The van der Waals surface area contributed by atoms with E-state index in [2.05, 4.69) is 85.9 Å². The van der Waals surface area contributed by atoms with Gasteiger partial charge in [0.2, 0.25) is 0 Å². The molecule has 0 saturated carbocycles. The standard InChI is InChI=1S/C14H14.C7H8.C2H6/c1-12-8-10-14(11-9-12)13-6-4-2-3-5-7-13;1-2-4-6-7-5-3-1;1-2/h2-4,6-11H,5H2,1H3;1-6H,7H2;1-2H3. The van der Waals surface area contributed by atoms with Crippen LogP contribution in [0.5, 0.6) is 0 Å². The smallest absolute Gasteiger partial charge is 0.0157 e. The Labute approximate surface area is 141 Å². The maximum absolute atomic E-state index is 2.25. The van der Waals surface area contributed by atoms with E-state index >= 15 is 0 Å². The topological polar surface area (TPSA) is 0 Å². The van der Waals surface area contributed by atoms with Crippen molar-refractivity contribution in [2.75, 3.05) is 0 Å². The fraction of sp³-hybridized carbons (Fsp3) is 0.217. The van der Waals surface area contributed by atoms with E-state index in [1.807, 2.05) is 26.0 Å². The fourth-order valence-corrected chi connectivity index (χ4v) is 2.06. The molecule has 1 aromatic rings. The van der Waals surface area contributed by atoms with Crippen molar-refractivity contribution in [2.45, 2.75) is 33.6 Å². The predicted octanol–water partition coefficient (Wildman–Crippen LogP) is 6.98. The van der Waals surface area contributed by atoms with E-state index in [9.17, 15) is 0 Å². The highest BCUT2D eigenvalue weighted by molar-refractivity contribution is 5.74. The molecule has 0 aromatic heterocycles. The number of rotatable bonds is 1. The predicted molar refractivity (Wildman–Crippen MR) is 105 cm³/mol. The molecule has 0 heteroatoms. The Morgan fingerprint density at radius 3 is 1.87 bits per heavy atom. The molecule has 0 saturated heterocycles. The molecule has 0 fully saturated rings. The maximum Gasteiger partial charge on any atom is -0.0157 e. The summed E-state index contributed by atoms with van der Waals surface area (Å²) in [4.78, 5) is 0. The van der Waals surface area contributed by atoms with Crippen molar-refractivity contribution in [3.63, 3.8) is 0 Å². The number of allylic oxidation sites excluding steroid dienone is 12. The summed E-state index contributed by atoms with van der Waals surface area (Å²) in [7, 11) is 0. The summed E-state index contributed by atoms with van der Waals surface area (Å²) in [6.45, 7) is 6.11. The minimum atomic E-state index is 1.02. The van der Waals surface area contributed by atoms with Crippen LogP contribution in [0.2, 0.25) is 0 Å². The minimum Gasteiger partial charge on any atom is -0.0807 e. The third-order valence-corrected chi connectivity index (χ3v) is 3.26. The van der Waals surface area contributed by atoms with Gasteiger partial charge in [0.1, 0.15) is 0 Å². The van der Waals surface area contributed by atoms with Crippen LogP contribution in [0.25, 0.3) is 5.57 Å². The first-order valence-corrected chi connectivity index (χ1v) is 8.45. The molecule has 0 bridgehead atoms. The van der Waals surface area contributed by atoms with E-state index < -0.39 is 0 Å². The lowest BCUT2D eigenvalue weighted by atomic mass is 10.0. The zero-order valence-electron chi connectivity index (χ0n) is 14.6. The molecule has 23 heavy (non-hydrogen) atoms. The molecule has 0 heterocycles. The first-order chi connectivity index (χ1) is 11.4. The number of hydrogen-bond donors (Lipinski definition) is 0. The molecule has 0 N–H and O–H groups in total. The third kappa shape index (κ3) is 8.01. The van der Waals surface area contributed by atoms with Gasteiger partial charge in [-0.1, -0.05) is 111 Å². The van der Waals surface area contributed by atoms with Crippen LogP contribution in [-0.2, 0) is 0 Å². The van der Waals surface area contributed by atoms with Gasteiger partial charge in [-0.3, -0.25) is 0 Å². The van der Waals surface area contributed by atoms with Gasteiger partial charge in [0.05, 0.1) is 0 Å². The summed E-state index contributed by atoms with van der Waals surface area (Å²) in [5.74, 6) is 0. The van der Waals surface area contributed by atoms with Crippen molar-refractivity contribution in [3.8, 4) is 0 Å². The molecule has 0 unspecified atom stereocenters. The van der Waals surface area contributed by atoms with E-state index in [1.165, 1.54) is 16.7 Å². The van der Waals surface area contributed by atoms with Crippen molar-refractivity contribution < 1.29 is 0 Å². The summed E-state index contributed by atoms with van der Waals surface area (Å²) in [6, 6.07) is 8.66. The Bertz CT molecular complexity index is 588. The van der Waals surface area contributed by atoms with Gasteiger partial charge in [-0.05, 0) is 30.9 Å². The molecule has 2 aliphatic rings. The average molecular weight is 304 g/mol. The van der Waals surface area contributed by atoms with Crippen LogP contribution in [0.4, 0.5) is 0 Å². The van der Waals surface area contributed by atoms with E-state index in [1.54, 1.807) is 0 Å². The summed E-state index contributed by atoms with van der Waals surface area (Å²) in [6.07, 6.45) is 25.3. The van der Waals surface area contributed by atoms with Crippen LogP contribution in [-0.4, -0.2) is 0 Å². The van der Waals surface area contributed by atoms with E-state index in [4.69, 9.17) is 0 Å². The Morgan fingerprint density at radius 2 is 1.22 bits per heavy atom. The quantitative estimate of drug-likeness (QED) is 0.525. The van der Waals surface area contributed by atoms with Crippen molar-refractivity contribution in [2.24, 2.45) is 0 Å². The second-order valence-electron chi connectivity index (χ2n) is 5.03. The SMILES string of the molecule is C1=CC=CCC=C1.CC.Cc1ccc(C2=CCC=CC=C2)cc1. The molecule has 3 rings (SSSR count). The first kappa shape index (κ1) is 18.7.